The lowest BCUT2D eigenvalue weighted by atomic mass is 10.2. The van der Waals surface area contributed by atoms with Crippen molar-refractivity contribution in [3.63, 3.8) is 0 Å². The number of hydrogen-bond acceptors (Lipinski definition) is 2. The SMILES string of the molecule is Cc1cc2o[n+](=O)c3cc(C)c[n+]4c3c2[n+](c1)C4. The van der Waals surface area contributed by atoms with Crippen molar-refractivity contribution >= 4 is 22.1 Å². The monoisotopic (exact) mass is 242 g/mol. The van der Waals surface area contributed by atoms with Crippen LogP contribution in [0.4, 0.5) is 0 Å². The number of hydrogen-bond donors (Lipinski definition) is 0. The van der Waals surface area contributed by atoms with Gasteiger partial charge in [-0.05, 0) is 13.8 Å². The predicted molar refractivity (Wildman–Crippen MR) is 62.3 cm³/mol. The highest BCUT2D eigenvalue weighted by atomic mass is 16.6. The molecule has 0 amide bonds. The van der Waals surface area contributed by atoms with Crippen molar-refractivity contribution in [2.24, 2.45) is 0 Å². The minimum Gasteiger partial charge on any atom is -0.177 e. The van der Waals surface area contributed by atoms with Gasteiger partial charge in [-0.3, -0.25) is 0 Å². The molecule has 0 saturated carbocycles. The van der Waals surface area contributed by atoms with E-state index < -0.39 is 0 Å². The standard InChI is InChI=1S/C13H12N3O2/c1-8-3-10-12-13-11(18-16(10)17)4-9(2)6-15(13)7-14(12)5-8/h3-6H,7H2,1-2H3/q+3. The van der Waals surface area contributed by atoms with E-state index in [1.165, 1.54) is 0 Å². The molecule has 0 aliphatic carbocycles. The van der Waals surface area contributed by atoms with Crippen molar-refractivity contribution in [3.05, 3.63) is 40.6 Å². The van der Waals surface area contributed by atoms with Crippen molar-refractivity contribution in [3.8, 4) is 0 Å². The largest absolute Gasteiger partial charge is 0.395 e. The molecule has 5 nitrogen and oxygen atoms in total. The smallest absolute Gasteiger partial charge is 0.177 e. The molecule has 0 atom stereocenters. The molecule has 0 saturated heterocycles. The molecule has 1 aliphatic rings. The van der Waals surface area contributed by atoms with Crippen molar-refractivity contribution in [2.45, 2.75) is 20.5 Å². The number of nitrogens with zero attached hydrogens (tertiary/aromatic N) is 3. The maximum Gasteiger partial charge on any atom is 0.395 e. The van der Waals surface area contributed by atoms with Gasteiger partial charge in [0.25, 0.3) is 10.2 Å². The van der Waals surface area contributed by atoms with E-state index in [-0.39, 0.29) is 0 Å². The van der Waals surface area contributed by atoms with E-state index in [2.05, 4.69) is 21.5 Å². The summed E-state index contributed by atoms with van der Waals surface area (Å²) in [6.07, 6.45) is 4.14. The van der Waals surface area contributed by atoms with Gasteiger partial charge in [-0.25, -0.2) is 0 Å². The molecule has 0 radical (unpaired) electrons. The summed E-state index contributed by atoms with van der Waals surface area (Å²) < 4.78 is 10.2. The van der Waals surface area contributed by atoms with Gasteiger partial charge in [0.15, 0.2) is 12.4 Å². The van der Waals surface area contributed by atoms with Gasteiger partial charge in [0, 0.05) is 23.3 Å². The van der Waals surface area contributed by atoms with Crippen LogP contribution in [0.3, 0.4) is 0 Å². The zero-order valence-electron chi connectivity index (χ0n) is 10.2. The van der Waals surface area contributed by atoms with Crippen LogP contribution in [0.5, 0.6) is 0 Å². The van der Waals surface area contributed by atoms with Crippen LogP contribution >= 0.6 is 0 Å². The second-order valence-electron chi connectivity index (χ2n) is 4.91. The topological polar surface area (TPSA) is 43.9 Å². The number of pyridine rings is 2. The average Bonchev–Trinajstić information content (AvgIpc) is 2.64. The fourth-order valence-corrected chi connectivity index (χ4v) is 2.79. The Morgan fingerprint density at radius 3 is 2.50 bits per heavy atom. The molecule has 3 aromatic heterocycles. The highest BCUT2D eigenvalue weighted by Gasteiger charge is 2.39. The van der Waals surface area contributed by atoms with E-state index in [9.17, 15) is 4.91 Å². The molecule has 4 rings (SSSR count). The summed E-state index contributed by atoms with van der Waals surface area (Å²) in [6.45, 7) is 4.70. The lowest BCUT2D eigenvalue weighted by molar-refractivity contribution is -0.872. The first-order valence-electron chi connectivity index (χ1n) is 5.87. The van der Waals surface area contributed by atoms with Gasteiger partial charge in [-0.1, -0.05) is 0 Å². The Labute approximate surface area is 102 Å². The number of aromatic nitrogens is 3. The molecule has 0 unspecified atom stereocenters. The van der Waals surface area contributed by atoms with Crippen molar-refractivity contribution in [1.82, 2.24) is 0 Å². The van der Waals surface area contributed by atoms with Gasteiger partial charge in [0.05, 0.1) is 4.91 Å². The lowest BCUT2D eigenvalue weighted by Gasteiger charge is -1.88. The normalized spacial score (nSPS) is 13.0. The molecule has 18 heavy (non-hydrogen) atoms. The second kappa shape index (κ2) is 2.93. The summed E-state index contributed by atoms with van der Waals surface area (Å²) in [5.74, 6) is 0. The van der Waals surface area contributed by atoms with Crippen LogP contribution in [0, 0.1) is 18.8 Å². The van der Waals surface area contributed by atoms with Gasteiger partial charge in [-0.15, -0.1) is 9.13 Å². The van der Waals surface area contributed by atoms with E-state index in [4.69, 9.17) is 4.52 Å². The first-order valence-corrected chi connectivity index (χ1v) is 5.87. The Morgan fingerprint density at radius 1 is 1.06 bits per heavy atom. The van der Waals surface area contributed by atoms with Crippen LogP contribution in [-0.4, -0.2) is 0 Å². The Kier molecular flexibility index (Phi) is 1.58. The molecule has 88 valence electrons. The van der Waals surface area contributed by atoms with Gasteiger partial charge < -0.3 is 0 Å². The maximum absolute atomic E-state index is 12.0. The fraction of sp³-hybridized carbons (Fsp3) is 0.231. The van der Waals surface area contributed by atoms with Gasteiger partial charge >= 0.3 is 23.2 Å². The molecule has 0 aromatic carbocycles. The molecule has 0 bridgehead atoms. The highest BCUT2D eigenvalue weighted by molar-refractivity contribution is 5.91. The van der Waals surface area contributed by atoms with Gasteiger partial charge in [0.1, 0.15) is 0 Å². The molecule has 0 N–H and O–H groups in total. The third kappa shape index (κ3) is 1.06. The summed E-state index contributed by atoms with van der Waals surface area (Å²) in [7, 11) is 0. The minimum absolute atomic E-state index is 0.581. The molecule has 0 spiro atoms. The molecular weight excluding hydrogens is 230 g/mol. The molecular formula is C13H12N3O2+3. The minimum atomic E-state index is 0.581. The molecule has 1 aliphatic heterocycles. The summed E-state index contributed by atoms with van der Waals surface area (Å²) in [6, 6.07) is 3.76. The van der Waals surface area contributed by atoms with Crippen molar-refractivity contribution in [1.29, 1.82) is 0 Å². The summed E-state index contributed by atoms with van der Waals surface area (Å²) >= 11 is 0. The van der Waals surface area contributed by atoms with Crippen LogP contribution in [0.25, 0.3) is 22.1 Å². The second-order valence-corrected chi connectivity index (χ2v) is 4.91. The van der Waals surface area contributed by atoms with Crippen LogP contribution in [0.1, 0.15) is 11.1 Å². The Bertz CT molecular complexity index is 896. The number of aryl methyl sites for hydroxylation is 2. The molecule has 5 heteroatoms. The van der Waals surface area contributed by atoms with Crippen LogP contribution in [-0.2, 0) is 6.67 Å². The summed E-state index contributed by atoms with van der Waals surface area (Å²) in [5.41, 5.74) is 5.27. The van der Waals surface area contributed by atoms with Crippen LogP contribution in [0.15, 0.2) is 29.0 Å². The molecule has 0 fully saturated rings. The van der Waals surface area contributed by atoms with E-state index in [1.807, 2.05) is 26.0 Å². The molecule has 4 heterocycles. The van der Waals surface area contributed by atoms with Crippen molar-refractivity contribution in [2.75, 3.05) is 0 Å². The van der Waals surface area contributed by atoms with Crippen molar-refractivity contribution < 1.29 is 18.3 Å². The van der Waals surface area contributed by atoms with Crippen LogP contribution < -0.4 is 13.7 Å². The van der Waals surface area contributed by atoms with Gasteiger partial charge in [0.2, 0.25) is 0 Å². The van der Waals surface area contributed by atoms with Crippen LogP contribution in [0.2, 0.25) is 0 Å². The zero-order chi connectivity index (χ0) is 12.4. The molecule has 3 aromatic rings. The van der Waals surface area contributed by atoms with E-state index in [0.717, 1.165) is 28.8 Å². The predicted octanol–water partition coefficient (Wildman–Crippen LogP) is 0.512. The van der Waals surface area contributed by atoms with E-state index >= 15 is 0 Å². The zero-order valence-corrected chi connectivity index (χ0v) is 10.2. The highest BCUT2D eigenvalue weighted by Crippen LogP contribution is 2.19. The third-order valence-electron chi connectivity index (χ3n) is 3.40. The first kappa shape index (κ1) is 9.70. The summed E-state index contributed by atoms with van der Waals surface area (Å²) in [4.78, 5) is 12.0. The maximum atomic E-state index is 12.0. The Balaban J connectivity index is 2.38. The average molecular weight is 242 g/mol. The summed E-state index contributed by atoms with van der Waals surface area (Å²) in [5, 5.41) is 0. The third-order valence-corrected chi connectivity index (χ3v) is 3.40. The van der Waals surface area contributed by atoms with Gasteiger partial charge in [-0.2, -0.15) is 4.52 Å². The van der Waals surface area contributed by atoms with E-state index in [0.29, 0.717) is 15.7 Å². The fourth-order valence-electron chi connectivity index (χ4n) is 2.79. The number of rotatable bonds is 0. The Hall–Kier alpha value is -2.30. The quantitative estimate of drug-likeness (QED) is 0.333. The Morgan fingerprint density at radius 2 is 1.72 bits per heavy atom. The van der Waals surface area contributed by atoms with E-state index in [1.54, 1.807) is 0 Å². The lowest BCUT2D eigenvalue weighted by Crippen LogP contribution is -2.46. The first-order chi connectivity index (χ1) is 8.63.